The molecule has 3 aromatic rings. The molecule has 0 bridgehead atoms. The first-order valence-corrected chi connectivity index (χ1v) is 10.5. The number of hydrogen-bond donors (Lipinski definition) is 2. The second-order valence-corrected chi connectivity index (χ2v) is 8.68. The summed E-state index contributed by atoms with van der Waals surface area (Å²) in [6, 6.07) is 16.6. The summed E-state index contributed by atoms with van der Waals surface area (Å²) in [7, 11) is -3.90. The zero-order valence-corrected chi connectivity index (χ0v) is 17.2. The molecule has 0 atom stereocenters. The number of rotatable bonds is 5. The Hall–Kier alpha value is -2.25. The summed E-state index contributed by atoms with van der Waals surface area (Å²) in [5.41, 5.74) is 0.862. The van der Waals surface area contributed by atoms with E-state index in [0.29, 0.717) is 15.7 Å². The van der Waals surface area contributed by atoms with Crippen molar-refractivity contribution in [1.82, 2.24) is 0 Å². The zero-order valence-electron chi connectivity index (χ0n) is 14.1. The Labute approximate surface area is 177 Å². The van der Waals surface area contributed by atoms with E-state index in [9.17, 15) is 13.2 Å². The Morgan fingerprint density at radius 1 is 0.786 bits per heavy atom. The zero-order chi connectivity index (χ0) is 20.3. The van der Waals surface area contributed by atoms with E-state index in [1.54, 1.807) is 24.3 Å². The minimum absolute atomic E-state index is 0.0176. The molecule has 5 nitrogen and oxygen atoms in total. The molecule has 0 aliphatic rings. The van der Waals surface area contributed by atoms with E-state index in [1.165, 1.54) is 42.5 Å². The fourth-order valence-corrected chi connectivity index (χ4v) is 3.84. The van der Waals surface area contributed by atoms with Gasteiger partial charge in [0.25, 0.3) is 15.9 Å². The van der Waals surface area contributed by atoms with Crippen LogP contribution in [-0.4, -0.2) is 14.3 Å². The van der Waals surface area contributed by atoms with E-state index in [1.807, 2.05) is 0 Å². The van der Waals surface area contributed by atoms with Gasteiger partial charge in [-0.2, -0.15) is 0 Å². The van der Waals surface area contributed by atoms with Crippen LogP contribution in [0.4, 0.5) is 11.4 Å². The van der Waals surface area contributed by atoms with Crippen LogP contribution in [0, 0.1) is 0 Å². The molecule has 0 aliphatic heterocycles. The van der Waals surface area contributed by atoms with E-state index >= 15 is 0 Å². The average Bonchev–Trinajstić information content (AvgIpc) is 2.65. The van der Waals surface area contributed by atoms with Crippen molar-refractivity contribution < 1.29 is 13.2 Å². The van der Waals surface area contributed by atoms with Crippen molar-refractivity contribution in [1.29, 1.82) is 0 Å². The van der Waals surface area contributed by atoms with Gasteiger partial charge in [0.15, 0.2) is 0 Å². The first-order valence-electron chi connectivity index (χ1n) is 7.89. The van der Waals surface area contributed by atoms with Crippen molar-refractivity contribution >= 4 is 62.1 Å². The molecule has 0 aromatic heterocycles. The quantitative estimate of drug-likeness (QED) is 0.518. The number of benzene rings is 3. The number of carbonyl (C=O) groups excluding carboxylic acids is 1. The summed E-state index contributed by atoms with van der Waals surface area (Å²) >= 11 is 17.7. The third-order valence-corrected chi connectivity index (χ3v) is 5.91. The lowest BCUT2D eigenvalue weighted by atomic mass is 10.2. The molecule has 3 rings (SSSR count). The monoisotopic (exact) mass is 454 g/mol. The fraction of sp³-hybridized carbons (Fsp3) is 0. The van der Waals surface area contributed by atoms with E-state index in [-0.39, 0.29) is 21.2 Å². The van der Waals surface area contributed by atoms with Gasteiger partial charge in [-0.3, -0.25) is 9.52 Å². The summed E-state index contributed by atoms with van der Waals surface area (Å²) in [6.45, 7) is 0. The highest BCUT2D eigenvalue weighted by Crippen LogP contribution is 2.27. The molecule has 0 heterocycles. The number of anilines is 2. The summed E-state index contributed by atoms with van der Waals surface area (Å²) in [5.74, 6) is -0.425. The van der Waals surface area contributed by atoms with Crippen molar-refractivity contribution in [2.24, 2.45) is 0 Å². The summed E-state index contributed by atoms with van der Waals surface area (Å²) in [4.78, 5) is 12.5. The van der Waals surface area contributed by atoms with Gasteiger partial charge in [-0.1, -0.05) is 34.8 Å². The minimum Gasteiger partial charge on any atom is -0.322 e. The lowest BCUT2D eigenvalue weighted by Gasteiger charge is -2.12. The average molecular weight is 456 g/mol. The molecule has 0 saturated heterocycles. The van der Waals surface area contributed by atoms with Crippen LogP contribution in [0.15, 0.2) is 71.6 Å². The molecule has 2 N–H and O–H groups in total. The predicted molar refractivity (Wildman–Crippen MR) is 113 cm³/mol. The van der Waals surface area contributed by atoms with Crippen LogP contribution in [0.1, 0.15) is 10.4 Å². The molecule has 3 aromatic carbocycles. The molecule has 0 fully saturated rings. The Morgan fingerprint density at radius 3 is 1.96 bits per heavy atom. The second-order valence-electron chi connectivity index (χ2n) is 5.72. The summed E-state index contributed by atoms with van der Waals surface area (Å²) < 4.78 is 27.5. The van der Waals surface area contributed by atoms with Crippen molar-refractivity contribution in [2.45, 2.75) is 4.90 Å². The molecule has 144 valence electrons. The van der Waals surface area contributed by atoms with Gasteiger partial charge in [-0.15, -0.1) is 0 Å². The molecule has 9 heteroatoms. The molecule has 0 unspecified atom stereocenters. The van der Waals surface area contributed by atoms with Crippen LogP contribution in [-0.2, 0) is 10.0 Å². The Bertz CT molecular complexity index is 1120. The van der Waals surface area contributed by atoms with Crippen molar-refractivity contribution in [3.63, 3.8) is 0 Å². The highest BCUT2D eigenvalue weighted by atomic mass is 35.5. The molecule has 0 aliphatic carbocycles. The standard InChI is InChI=1S/C19H13Cl3N2O3S/c20-13-2-6-15(7-3-13)23-19(25)12-1-10-17(22)18(11-12)24-28(26,27)16-8-4-14(21)5-9-16/h1-11,24H,(H,23,25). The molecular formula is C19H13Cl3N2O3S. The minimum atomic E-state index is -3.90. The normalized spacial score (nSPS) is 11.1. The van der Waals surface area contributed by atoms with Gasteiger partial charge < -0.3 is 5.32 Å². The van der Waals surface area contributed by atoms with Crippen LogP contribution in [0.2, 0.25) is 15.1 Å². The van der Waals surface area contributed by atoms with Crippen LogP contribution in [0.3, 0.4) is 0 Å². The number of sulfonamides is 1. The van der Waals surface area contributed by atoms with Crippen LogP contribution in [0.25, 0.3) is 0 Å². The van der Waals surface area contributed by atoms with Gasteiger partial charge in [0.05, 0.1) is 15.6 Å². The lowest BCUT2D eigenvalue weighted by molar-refractivity contribution is 0.102. The van der Waals surface area contributed by atoms with Gasteiger partial charge in [-0.25, -0.2) is 8.42 Å². The van der Waals surface area contributed by atoms with E-state index < -0.39 is 15.9 Å². The first kappa shape index (κ1) is 20.5. The molecular weight excluding hydrogens is 443 g/mol. The maximum absolute atomic E-state index is 12.5. The van der Waals surface area contributed by atoms with Gasteiger partial charge in [0.1, 0.15) is 0 Å². The number of halogens is 3. The van der Waals surface area contributed by atoms with Crippen LogP contribution >= 0.6 is 34.8 Å². The first-order chi connectivity index (χ1) is 13.2. The van der Waals surface area contributed by atoms with Gasteiger partial charge in [0.2, 0.25) is 0 Å². The predicted octanol–water partition coefficient (Wildman–Crippen LogP) is 5.70. The van der Waals surface area contributed by atoms with Crippen molar-refractivity contribution in [3.05, 3.63) is 87.4 Å². The molecule has 1 amide bonds. The van der Waals surface area contributed by atoms with Crippen LogP contribution in [0.5, 0.6) is 0 Å². The number of nitrogens with one attached hydrogen (secondary N) is 2. The molecule has 0 saturated carbocycles. The van der Waals surface area contributed by atoms with E-state index in [4.69, 9.17) is 34.8 Å². The number of amides is 1. The van der Waals surface area contributed by atoms with E-state index in [0.717, 1.165) is 0 Å². The van der Waals surface area contributed by atoms with Crippen LogP contribution < -0.4 is 10.0 Å². The third-order valence-electron chi connectivity index (χ3n) is 3.70. The Kier molecular flexibility index (Phi) is 6.15. The maximum atomic E-state index is 12.5. The van der Waals surface area contributed by atoms with Gasteiger partial charge in [-0.05, 0) is 66.7 Å². The number of carbonyl (C=O) groups is 1. The van der Waals surface area contributed by atoms with Gasteiger partial charge >= 0.3 is 0 Å². The Morgan fingerprint density at radius 2 is 1.36 bits per heavy atom. The third kappa shape index (κ3) is 4.97. The SMILES string of the molecule is O=C(Nc1ccc(Cl)cc1)c1ccc(Cl)c(NS(=O)(=O)c2ccc(Cl)cc2)c1. The Balaban J connectivity index is 1.83. The highest BCUT2D eigenvalue weighted by Gasteiger charge is 2.17. The second kappa shape index (κ2) is 8.41. The van der Waals surface area contributed by atoms with Crippen molar-refractivity contribution in [3.8, 4) is 0 Å². The van der Waals surface area contributed by atoms with Crippen molar-refractivity contribution in [2.75, 3.05) is 10.0 Å². The van der Waals surface area contributed by atoms with Gasteiger partial charge in [0, 0.05) is 21.3 Å². The summed E-state index contributed by atoms with van der Waals surface area (Å²) in [5, 5.41) is 3.81. The highest BCUT2D eigenvalue weighted by molar-refractivity contribution is 7.92. The maximum Gasteiger partial charge on any atom is 0.261 e. The topological polar surface area (TPSA) is 75.3 Å². The fourth-order valence-electron chi connectivity index (χ4n) is 2.30. The molecule has 0 spiro atoms. The smallest absolute Gasteiger partial charge is 0.261 e. The number of hydrogen-bond acceptors (Lipinski definition) is 3. The van der Waals surface area contributed by atoms with E-state index in [2.05, 4.69) is 10.0 Å². The summed E-state index contributed by atoms with van der Waals surface area (Å²) in [6.07, 6.45) is 0. The molecule has 28 heavy (non-hydrogen) atoms. The largest absolute Gasteiger partial charge is 0.322 e. The molecule has 0 radical (unpaired) electrons. The lowest BCUT2D eigenvalue weighted by Crippen LogP contribution is -2.15.